The summed E-state index contributed by atoms with van der Waals surface area (Å²) in [6.07, 6.45) is 3.15. The number of nitrogens with one attached hydrogen (secondary N) is 1. The molecule has 10 nitrogen and oxygen atoms in total. The van der Waals surface area contributed by atoms with Crippen LogP contribution in [0.2, 0.25) is 0 Å². The van der Waals surface area contributed by atoms with E-state index in [9.17, 15) is 9.59 Å². The molecule has 2 aromatic rings. The van der Waals surface area contributed by atoms with Gasteiger partial charge in [-0.15, -0.1) is 0 Å². The number of nitrogens with zero attached hydrogens (tertiary/aromatic N) is 4. The van der Waals surface area contributed by atoms with E-state index in [-0.39, 0.29) is 29.9 Å². The van der Waals surface area contributed by atoms with Crippen molar-refractivity contribution in [2.45, 2.75) is 18.9 Å². The number of hydrogen-bond donors (Lipinski definition) is 2. The first kappa shape index (κ1) is 21.2. The smallest absolute Gasteiger partial charge is 0.274 e. The van der Waals surface area contributed by atoms with Crippen LogP contribution >= 0.6 is 0 Å². The van der Waals surface area contributed by atoms with Crippen molar-refractivity contribution >= 4 is 23.5 Å². The van der Waals surface area contributed by atoms with Crippen LogP contribution in [0.5, 0.6) is 5.75 Å². The Morgan fingerprint density at radius 2 is 2.10 bits per heavy atom. The van der Waals surface area contributed by atoms with Crippen LogP contribution in [-0.4, -0.2) is 60.0 Å². The Kier molecular flexibility index (Phi) is 6.26. The van der Waals surface area contributed by atoms with E-state index in [0.717, 1.165) is 0 Å². The van der Waals surface area contributed by atoms with Crippen molar-refractivity contribution in [3.05, 3.63) is 48.0 Å². The third-order valence-electron chi connectivity index (χ3n) is 4.67. The summed E-state index contributed by atoms with van der Waals surface area (Å²) < 4.78 is 10.4. The second kappa shape index (κ2) is 8.87. The van der Waals surface area contributed by atoms with Crippen molar-refractivity contribution in [2.75, 3.05) is 32.7 Å². The van der Waals surface area contributed by atoms with Crippen LogP contribution in [0.15, 0.2) is 41.7 Å². The normalized spacial score (nSPS) is 18.7. The molecule has 0 spiro atoms. The van der Waals surface area contributed by atoms with Crippen LogP contribution in [0, 0.1) is 0 Å². The Bertz CT molecular complexity index is 962. The van der Waals surface area contributed by atoms with Crippen molar-refractivity contribution in [2.24, 2.45) is 10.7 Å². The van der Waals surface area contributed by atoms with Crippen LogP contribution in [0.1, 0.15) is 29.5 Å². The van der Waals surface area contributed by atoms with E-state index in [0.29, 0.717) is 30.3 Å². The number of amides is 2. The molecule has 0 saturated carbocycles. The lowest BCUT2D eigenvalue weighted by Gasteiger charge is -2.32. The molecule has 0 bridgehead atoms. The third-order valence-corrected chi connectivity index (χ3v) is 4.67. The highest BCUT2D eigenvalue weighted by Gasteiger charge is 2.37. The second-order valence-corrected chi connectivity index (χ2v) is 6.98. The molecule has 3 N–H and O–H groups in total. The predicted octanol–water partition coefficient (Wildman–Crippen LogP) is 1.15. The molecular weight excluding hydrogens is 388 g/mol. The summed E-state index contributed by atoms with van der Waals surface area (Å²) in [6.45, 7) is 2.64. The fourth-order valence-corrected chi connectivity index (χ4v) is 2.90. The molecule has 1 aliphatic heterocycles. The highest BCUT2D eigenvalue weighted by molar-refractivity contribution is 6.03. The van der Waals surface area contributed by atoms with E-state index in [1.54, 1.807) is 51.5 Å². The number of carbonyl (C=O) groups is 2. The number of pyridine rings is 2. The Morgan fingerprint density at radius 3 is 2.77 bits per heavy atom. The lowest BCUT2D eigenvalue weighted by atomic mass is 9.91. The number of guanidine groups is 1. The number of aromatic nitrogens is 2. The summed E-state index contributed by atoms with van der Waals surface area (Å²) in [5.41, 5.74) is 6.22. The summed E-state index contributed by atoms with van der Waals surface area (Å²) in [5, 5.41) is 2.78. The fourth-order valence-electron chi connectivity index (χ4n) is 2.90. The zero-order chi connectivity index (χ0) is 21.7. The molecule has 1 aliphatic rings. The van der Waals surface area contributed by atoms with Gasteiger partial charge in [0, 0.05) is 26.0 Å². The molecule has 0 radical (unpaired) electrons. The Hall–Kier alpha value is -3.53. The standard InChI is InChI=1S/C20H24N6O4/c1-20(11-17(27)26(2)19(21)25-20)16-10-13(6-7-22-16)24-18(28)15-5-4-14(12-23-15)30-9-8-29-3/h4-7,10,12H,8-9,11H2,1-3H3,(H2,21,25)(H,22,24,28). The van der Waals surface area contributed by atoms with E-state index in [1.807, 2.05) is 0 Å². The number of nitrogens with two attached hydrogens (primary N) is 1. The lowest BCUT2D eigenvalue weighted by molar-refractivity contribution is -0.128. The maximum Gasteiger partial charge on any atom is 0.274 e. The van der Waals surface area contributed by atoms with Crippen LogP contribution in [0.25, 0.3) is 0 Å². The first-order valence-corrected chi connectivity index (χ1v) is 9.30. The van der Waals surface area contributed by atoms with Crippen molar-refractivity contribution in [3.8, 4) is 5.75 Å². The van der Waals surface area contributed by atoms with Crippen molar-refractivity contribution < 1.29 is 19.1 Å². The van der Waals surface area contributed by atoms with Gasteiger partial charge in [-0.2, -0.15) is 0 Å². The highest BCUT2D eigenvalue weighted by Crippen LogP contribution is 2.32. The van der Waals surface area contributed by atoms with Crippen molar-refractivity contribution in [1.29, 1.82) is 0 Å². The van der Waals surface area contributed by atoms with Gasteiger partial charge in [0.1, 0.15) is 23.6 Å². The van der Waals surface area contributed by atoms with Gasteiger partial charge in [0.2, 0.25) is 5.91 Å². The van der Waals surface area contributed by atoms with Gasteiger partial charge in [-0.1, -0.05) is 0 Å². The van der Waals surface area contributed by atoms with Crippen LogP contribution < -0.4 is 15.8 Å². The average molecular weight is 412 g/mol. The largest absolute Gasteiger partial charge is 0.490 e. The van der Waals surface area contributed by atoms with Gasteiger partial charge in [0.15, 0.2) is 5.96 Å². The second-order valence-electron chi connectivity index (χ2n) is 6.98. The minimum absolute atomic E-state index is 0.126. The van der Waals surface area contributed by atoms with Gasteiger partial charge in [0.05, 0.1) is 24.9 Å². The molecule has 30 heavy (non-hydrogen) atoms. The monoisotopic (exact) mass is 412 g/mol. The number of carbonyl (C=O) groups excluding carboxylic acids is 2. The molecule has 0 fully saturated rings. The van der Waals surface area contributed by atoms with E-state index in [1.165, 1.54) is 11.1 Å². The number of aliphatic imine (C=N–C) groups is 1. The number of ether oxygens (including phenoxy) is 2. The van der Waals surface area contributed by atoms with Crippen LogP contribution in [0.4, 0.5) is 5.69 Å². The van der Waals surface area contributed by atoms with E-state index in [2.05, 4.69) is 20.3 Å². The Balaban J connectivity index is 1.72. The number of hydrogen-bond acceptors (Lipinski definition) is 8. The number of rotatable bonds is 7. The molecule has 0 saturated heterocycles. The van der Waals surface area contributed by atoms with E-state index < -0.39 is 5.54 Å². The average Bonchev–Trinajstić information content (AvgIpc) is 2.73. The Labute approximate surface area is 174 Å². The minimum Gasteiger partial charge on any atom is -0.490 e. The van der Waals surface area contributed by atoms with Crippen LogP contribution in [-0.2, 0) is 15.1 Å². The van der Waals surface area contributed by atoms with Gasteiger partial charge >= 0.3 is 0 Å². The van der Waals surface area contributed by atoms with Crippen molar-refractivity contribution in [1.82, 2.24) is 14.9 Å². The van der Waals surface area contributed by atoms with E-state index in [4.69, 9.17) is 15.2 Å². The third kappa shape index (κ3) is 4.71. The molecule has 0 aromatic carbocycles. The zero-order valence-electron chi connectivity index (χ0n) is 17.1. The molecule has 1 atom stereocenters. The van der Waals surface area contributed by atoms with Gasteiger partial charge in [-0.3, -0.25) is 19.5 Å². The first-order valence-electron chi connectivity index (χ1n) is 9.30. The molecule has 10 heteroatoms. The zero-order valence-corrected chi connectivity index (χ0v) is 17.1. The fraction of sp³-hybridized carbons (Fsp3) is 0.350. The first-order chi connectivity index (χ1) is 14.3. The summed E-state index contributed by atoms with van der Waals surface area (Å²) >= 11 is 0. The summed E-state index contributed by atoms with van der Waals surface area (Å²) in [7, 11) is 3.16. The van der Waals surface area contributed by atoms with Gasteiger partial charge < -0.3 is 20.5 Å². The predicted molar refractivity (Wildman–Crippen MR) is 110 cm³/mol. The number of anilines is 1. The van der Waals surface area contributed by atoms with Gasteiger partial charge in [-0.25, -0.2) is 9.98 Å². The van der Waals surface area contributed by atoms with E-state index >= 15 is 0 Å². The van der Waals surface area contributed by atoms with Gasteiger partial charge in [-0.05, 0) is 31.2 Å². The molecule has 3 rings (SSSR count). The maximum atomic E-state index is 12.5. The SMILES string of the molecule is COCCOc1ccc(C(=O)Nc2ccnc(C3(C)CC(=O)N(C)C(N)=N3)c2)nc1. The quantitative estimate of drug-likeness (QED) is 0.652. The molecular formula is C20H24N6O4. The molecule has 158 valence electrons. The summed E-state index contributed by atoms with van der Waals surface area (Å²) in [6, 6.07) is 6.56. The molecule has 0 aliphatic carbocycles. The minimum atomic E-state index is -0.909. The lowest BCUT2D eigenvalue weighted by Crippen LogP contribution is -2.47. The molecule has 2 aromatic heterocycles. The summed E-state index contributed by atoms with van der Waals surface area (Å²) in [4.78, 5) is 38.9. The Morgan fingerprint density at radius 1 is 1.30 bits per heavy atom. The highest BCUT2D eigenvalue weighted by atomic mass is 16.5. The maximum absolute atomic E-state index is 12.5. The molecule has 1 unspecified atom stereocenters. The van der Waals surface area contributed by atoms with Crippen molar-refractivity contribution in [3.63, 3.8) is 0 Å². The molecule has 3 heterocycles. The van der Waals surface area contributed by atoms with Gasteiger partial charge in [0.25, 0.3) is 5.91 Å². The summed E-state index contributed by atoms with van der Waals surface area (Å²) in [5.74, 6) is 0.133. The molecule has 2 amide bonds. The number of methoxy groups -OCH3 is 1. The van der Waals surface area contributed by atoms with Crippen LogP contribution in [0.3, 0.4) is 0 Å². The topological polar surface area (TPSA) is 132 Å².